The van der Waals surface area contributed by atoms with Crippen molar-refractivity contribution in [2.75, 3.05) is 25.6 Å². The minimum atomic E-state index is -0.568. The third kappa shape index (κ3) is 4.28. The Labute approximate surface area is 122 Å². The molecule has 0 aliphatic heterocycles. The highest BCUT2D eigenvalue weighted by atomic mass is 32.1. The van der Waals surface area contributed by atoms with Gasteiger partial charge in [-0.25, -0.2) is 9.78 Å². The fraction of sp³-hybridized carbons (Fsp3) is 0.615. The SMILES string of the molecule is CCOC(=O)c1nc(NC(CC)COC)sc1C(C)=O. The fourth-order valence-corrected chi connectivity index (χ4v) is 2.52. The molecule has 0 saturated carbocycles. The van der Waals surface area contributed by atoms with E-state index in [1.54, 1.807) is 14.0 Å². The second kappa shape index (κ2) is 7.96. The van der Waals surface area contributed by atoms with Gasteiger partial charge in [-0.3, -0.25) is 4.79 Å². The zero-order valence-corrected chi connectivity index (χ0v) is 13.0. The molecule has 6 nitrogen and oxygen atoms in total. The van der Waals surface area contributed by atoms with Gasteiger partial charge in [0.25, 0.3) is 0 Å². The zero-order valence-electron chi connectivity index (χ0n) is 12.2. The molecule has 1 N–H and O–H groups in total. The van der Waals surface area contributed by atoms with E-state index in [-0.39, 0.29) is 24.1 Å². The smallest absolute Gasteiger partial charge is 0.358 e. The molecule has 1 heterocycles. The molecule has 0 bridgehead atoms. The van der Waals surface area contributed by atoms with Crippen molar-refractivity contribution in [2.24, 2.45) is 0 Å². The second-order valence-corrected chi connectivity index (χ2v) is 5.18. The predicted octanol–water partition coefficient (Wildman–Crippen LogP) is 2.36. The van der Waals surface area contributed by atoms with Crippen molar-refractivity contribution in [3.63, 3.8) is 0 Å². The molecule has 1 aromatic rings. The molecule has 0 amide bonds. The Morgan fingerprint density at radius 3 is 2.60 bits per heavy atom. The molecule has 0 radical (unpaired) electrons. The lowest BCUT2D eigenvalue weighted by Crippen LogP contribution is -2.23. The Morgan fingerprint density at radius 2 is 2.10 bits per heavy atom. The number of hydrogen-bond donors (Lipinski definition) is 1. The van der Waals surface area contributed by atoms with Gasteiger partial charge in [0, 0.05) is 14.0 Å². The van der Waals surface area contributed by atoms with E-state index in [4.69, 9.17) is 9.47 Å². The highest BCUT2D eigenvalue weighted by Gasteiger charge is 2.23. The molecule has 0 fully saturated rings. The molecule has 0 spiro atoms. The number of nitrogens with zero attached hydrogens (tertiary/aromatic N) is 1. The van der Waals surface area contributed by atoms with E-state index in [1.807, 2.05) is 6.92 Å². The zero-order chi connectivity index (χ0) is 15.1. The molecular weight excluding hydrogens is 280 g/mol. The minimum Gasteiger partial charge on any atom is -0.461 e. The number of Topliss-reactive ketones (excluding diaryl/α,β-unsaturated/α-hetero) is 1. The number of anilines is 1. The average Bonchev–Trinajstić information content (AvgIpc) is 2.82. The summed E-state index contributed by atoms with van der Waals surface area (Å²) in [4.78, 5) is 27.9. The summed E-state index contributed by atoms with van der Waals surface area (Å²) in [5.41, 5.74) is 0.0825. The Hall–Kier alpha value is -1.47. The van der Waals surface area contributed by atoms with Crippen LogP contribution in [0.5, 0.6) is 0 Å². The molecule has 0 aromatic carbocycles. The van der Waals surface area contributed by atoms with Crippen LogP contribution in [0.25, 0.3) is 0 Å². The molecule has 1 unspecified atom stereocenters. The molecule has 0 aliphatic carbocycles. The lowest BCUT2D eigenvalue weighted by Gasteiger charge is -2.14. The number of carbonyl (C=O) groups excluding carboxylic acids is 2. The van der Waals surface area contributed by atoms with Gasteiger partial charge in [-0.05, 0) is 13.3 Å². The van der Waals surface area contributed by atoms with Crippen LogP contribution >= 0.6 is 11.3 Å². The summed E-state index contributed by atoms with van der Waals surface area (Å²) < 4.78 is 10.0. The van der Waals surface area contributed by atoms with Crippen LogP contribution in [-0.2, 0) is 9.47 Å². The number of ether oxygens (including phenoxy) is 2. The number of nitrogens with one attached hydrogen (secondary N) is 1. The summed E-state index contributed by atoms with van der Waals surface area (Å²) in [6.45, 7) is 5.91. The number of methoxy groups -OCH3 is 1. The Balaban J connectivity index is 2.96. The number of thiazole rings is 1. The first kappa shape index (κ1) is 16.6. The van der Waals surface area contributed by atoms with Gasteiger partial charge < -0.3 is 14.8 Å². The van der Waals surface area contributed by atoms with Gasteiger partial charge >= 0.3 is 5.97 Å². The molecule has 7 heteroatoms. The number of ketones is 1. The second-order valence-electron chi connectivity index (χ2n) is 4.18. The summed E-state index contributed by atoms with van der Waals surface area (Å²) in [6.07, 6.45) is 0.845. The number of aromatic nitrogens is 1. The van der Waals surface area contributed by atoms with Gasteiger partial charge in [-0.2, -0.15) is 0 Å². The molecule has 1 rings (SSSR count). The lowest BCUT2D eigenvalue weighted by atomic mass is 10.2. The fourth-order valence-electron chi connectivity index (χ4n) is 1.60. The Bertz CT molecular complexity index is 473. The van der Waals surface area contributed by atoms with Crippen molar-refractivity contribution in [3.8, 4) is 0 Å². The molecular formula is C13H20N2O4S. The highest BCUT2D eigenvalue weighted by Crippen LogP contribution is 2.25. The van der Waals surface area contributed by atoms with E-state index in [0.29, 0.717) is 16.6 Å². The van der Waals surface area contributed by atoms with E-state index in [1.165, 1.54) is 6.92 Å². The number of esters is 1. The third-order valence-corrected chi connectivity index (χ3v) is 3.69. The molecule has 0 saturated heterocycles. The third-order valence-electron chi connectivity index (χ3n) is 2.60. The van der Waals surface area contributed by atoms with Crippen molar-refractivity contribution in [1.29, 1.82) is 0 Å². The lowest BCUT2D eigenvalue weighted by molar-refractivity contribution is 0.0517. The average molecular weight is 300 g/mol. The first-order valence-electron chi connectivity index (χ1n) is 6.47. The standard InChI is InChI=1S/C13H20N2O4S/c1-5-9(7-18-4)14-13-15-10(12(17)19-6-2)11(20-13)8(3)16/h9H,5-7H2,1-4H3,(H,14,15). The van der Waals surface area contributed by atoms with Crippen LogP contribution in [0.2, 0.25) is 0 Å². The van der Waals surface area contributed by atoms with Crippen LogP contribution in [0, 0.1) is 0 Å². The Morgan fingerprint density at radius 1 is 1.40 bits per heavy atom. The molecule has 112 valence electrons. The first-order chi connectivity index (χ1) is 9.53. The maximum absolute atomic E-state index is 11.8. The molecule has 20 heavy (non-hydrogen) atoms. The first-order valence-corrected chi connectivity index (χ1v) is 7.29. The van der Waals surface area contributed by atoms with Crippen molar-refractivity contribution >= 4 is 28.2 Å². The van der Waals surface area contributed by atoms with Crippen molar-refractivity contribution in [2.45, 2.75) is 33.2 Å². The monoisotopic (exact) mass is 300 g/mol. The largest absolute Gasteiger partial charge is 0.461 e. The van der Waals surface area contributed by atoms with Gasteiger partial charge in [0.15, 0.2) is 16.6 Å². The van der Waals surface area contributed by atoms with Crippen LogP contribution in [0.1, 0.15) is 47.4 Å². The van der Waals surface area contributed by atoms with Crippen molar-refractivity contribution in [3.05, 3.63) is 10.6 Å². The van der Waals surface area contributed by atoms with Crippen LogP contribution in [0.3, 0.4) is 0 Å². The van der Waals surface area contributed by atoms with E-state index >= 15 is 0 Å². The van der Waals surface area contributed by atoms with Crippen LogP contribution in [0.4, 0.5) is 5.13 Å². The normalized spacial score (nSPS) is 12.0. The summed E-state index contributed by atoms with van der Waals surface area (Å²) in [7, 11) is 1.62. The van der Waals surface area contributed by atoms with E-state index in [0.717, 1.165) is 17.8 Å². The molecule has 0 aliphatic rings. The quantitative estimate of drug-likeness (QED) is 0.586. The predicted molar refractivity (Wildman–Crippen MR) is 77.7 cm³/mol. The number of rotatable bonds is 8. The topological polar surface area (TPSA) is 77.5 Å². The van der Waals surface area contributed by atoms with Crippen LogP contribution < -0.4 is 5.32 Å². The van der Waals surface area contributed by atoms with Crippen molar-refractivity contribution in [1.82, 2.24) is 4.98 Å². The van der Waals surface area contributed by atoms with Gasteiger partial charge in [0.2, 0.25) is 0 Å². The maximum atomic E-state index is 11.8. The van der Waals surface area contributed by atoms with E-state index in [2.05, 4.69) is 10.3 Å². The Kier molecular flexibility index (Phi) is 6.60. The van der Waals surface area contributed by atoms with Gasteiger partial charge in [-0.15, -0.1) is 0 Å². The van der Waals surface area contributed by atoms with Gasteiger partial charge in [-0.1, -0.05) is 18.3 Å². The van der Waals surface area contributed by atoms with Gasteiger partial charge in [0.05, 0.1) is 19.3 Å². The highest BCUT2D eigenvalue weighted by molar-refractivity contribution is 7.17. The van der Waals surface area contributed by atoms with Crippen molar-refractivity contribution < 1.29 is 19.1 Å². The van der Waals surface area contributed by atoms with Crippen LogP contribution in [-0.4, -0.2) is 43.1 Å². The molecule has 1 aromatic heterocycles. The van der Waals surface area contributed by atoms with Gasteiger partial charge in [0.1, 0.15) is 4.88 Å². The minimum absolute atomic E-state index is 0.0825. The van der Waals surface area contributed by atoms with Crippen LogP contribution in [0.15, 0.2) is 0 Å². The molecule has 1 atom stereocenters. The maximum Gasteiger partial charge on any atom is 0.358 e. The number of carbonyl (C=O) groups is 2. The summed E-state index contributed by atoms with van der Waals surface area (Å²) in [6, 6.07) is 0.0843. The van der Waals surface area contributed by atoms with E-state index < -0.39 is 5.97 Å². The summed E-state index contributed by atoms with van der Waals surface area (Å²) >= 11 is 1.16. The summed E-state index contributed by atoms with van der Waals surface area (Å²) in [5.74, 6) is -0.764. The summed E-state index contributed by atoms with van der Waals surface area (Å²) in [5, 5.41) is 3.69. The van der Waals surface area contributed by atoms with E-state index in [9.17, 15) is 9.59 Å². The number of hydrogen-bond acceptors (Lipinski definition) is 7.